The van der Waals surface area contributed by atoms with Crippen LogP contribution in [0.15, 0.2) is 22.7 Å². The molecule has 0 spiro atoms. The van der Waals surface area contributed by atoms with Gasteiger partial charge in [0.2, 0.25) is 5.82 Å². The van der Waals surface area contributed by atoms with Gasteiger partial charge in [-0.25, -0.2) is 4.98 Å². The van der Waals surface area contributed by atoms with Gasteiger partial charge in [0.25, 0.3) is 5.91 Å². The second kappa shape index (κ2) is 4.98. The molecule has 90 valence electrons. The molecule has 0 bridgehead atoms. The van der Waals surface area contributed by atoms with Crippen molar-refractivity contribution < 1.29 is 4.79 Å². The molecule has 6 nitrogen and oxygen atoms in total. The molecule has 0 atom stereocenters. The summed E-state index contributed by atoms with van der Waals surface area (Å²) in [5.74, 6) is 0.125. The fourth-order valence-electron chi connectivity index (χ4n) is 1.34. The summed E-state index contributed by atoms with van der Waals surface area (Å²) >= 11 is 3.28. The Balaban J connectivity index is 2.27. The maximum absolute atomic E-state index is 11.8. The summed E-state index contributed by atoms with van der Waals surface area (Å²) < 4.78 is 0.767. The number of aromatic nitrogens is 3. The second-order valence-electron chi connectivity index (χ2n) is 3.50. The van der Waals surface area contributed by atoms with E-state index in [-0.39, 0.29) is 5.82 Å². The van der Waals surface area contributed by atoms with E-state index in [1.807, 2.05) is 6.07 Å². The van der Waals surface area contributed by atoms with Crippen LogP contribution in [-0.2, 0) is 0 Å². The number of rotatable bonds is 2. The van der Waals surface area contributed by atoms with E-state index in [1.165, 1.54) is 0 Å². The van der Waals surface area contributed by atoms with Crippen LogP contribution in [0.1, 0.15) is 22.0 Å². The number of hydrogen-bond donors (Lipinski definition) is 2. The Morgan fingerprint density at radius 1 is 1.56 bits per heavy atom. The van der Waals surface area contributed by atoms with Gasteiger partial charge in [-0.3, -0.25) is 9.89 Å². The van der Waals surface area contributed by atoms with Gasteiger partial charge in [0.15, 0.2) is 0 Å². The quantitative estimate of drug-likeness (QED) is 0.887. The van der Waals surface area contributed by atoms with Crippen LogP contribution in [0, 0.1) is 18.3 Å². The van der Waals surface area contributed by atoms with E-state index >= 15 is 0 Å². The molecule has 18 heavy (non-hydrogen) atoms. The van der Waals surface area contributed by atoms with Crippen molar-refractivity contribution >= 4 is 27.5 Å². The van der Waals surface area contributed by atoms with Crippen LogP contribution in [0.25, 0.3) is 0 Å². The SMILES string of the molecule is Cc1nc(C(=O)Nc2cc(Br)ccc2C#N)n[nH]1. The number of nitriles is 1. The maximum atomic E-state index is 11.8. The second-order valence-corrected chi connectivity index (χ2v) is 4.42. The molecule has 1 heterocycles. The number of aryl methyl sites for hydroxylation is 1. The van der Waals surface area contributed by atoms with Crippen molar-refractivity contribution in [2.75, 3.05) is 5.32 Å². The zero-order chi connectivity index (χ0) is 13.1. The Kier molecular flexibility index (Phi) is 3.39. The molecule has 2 aromatic rings. The number of aromatic amines is 1. The Morgan fingerprint density at radius 2 is 2.33 bits per heavy atom. The van der Waals surface area contributed by atoms with Gasteiger partial charge in [-0.1, -0.05) is 15.9 Å². The van der Waals surface area contributed by atoms with Crippen molar-refractivity contribution in [3.05, 3.63) is 39.9 Å². The van der Waals surface area contributed by atoms with Gasteiger partial charge in [-0.2, -0.15) is 5.26 Å². The number of anilines is 1. The van der Waals surface area contributed by atoms with Crippen LogP contribution in [0.4, 0.5) is 5.69 Å². The van der Waals surface area contributed by atoms with Crippen molar-refractivity contribution in [1.29, 1.82) is 5.26 Å². The first-order chi connectivity index (χ1) is 8.60. The number of nitrogens with zero attached hydrogens (tertiary/aromatic N) is 3. The highest BCUT2D eigenvalue weighted by atomic mass is 79.9. The molecule has 0 aliphatic carbocycles. The van der Waals surface area contributed by atoms with Crippen molar-refractivity contribution in [2.24, 2.45) is 0 Å². The number of amides is 1. The van der Waals surface area contributed by atoms with E-state index < -0.39 is 5.91 Å². The number of benzene rings is 1. The van der Waals surface area contributed by atoms with Crippen LogP contribution in [-0.4, -0.2) is 21.1 Å². The van der Waals surface area contributed by atoms with E-state index in [4.69, 9.17) is 5.26 Å². The first-order valence-corrected chi connectivity index (χ1v) is 5.79. The van der Waals surface area contributed by atoms with Gasteiger partial charge in [0, 0.05) is 4.47 Å². The minimum Gasteiger partial charge on any atom is -0.318 e. The highest BCUT2D eigenvalue weighted by molar-refractivity contribution is 9.10. The van der Waals surface area contributed by atoms with Crippen LogP contribution in [0.3, 0.4) is 0 Å². The summed E-state index contributed by atoms with van der Waals surface area (Å²) in [4.78, 5) is 15.7. The number of hydrogen-bond acceptors (Lipinski definition) is 4. The molecule has 0 fully saturated rings. The third-order valence-electron chi connectivity index (χ3n) is 2.15. The molecule has 7 heteroatoms. The average Bonchev–Trinajstić information content (AvgIpc) is 2.76. The average molecular weight is 306 g/mol. The summed E-state index contributed by atoms with van der Waals surface area (Å²) in [5.41, 5.74) is 0.790. The molecule has 2 rings (SSSR count). The third-order valence-corrected chi connectivity index (χ3v) is 2.64. The number of nitrogens with one attached hydrogen (secondary N) is 2. The molecule has 1 aromatic carbocycles. The zero-order valence-electron chi connectivity index (χ0n) is 9.36. The predicted molar refractivity (Wildman–Crippen MR) is 67.9 cm³/mol. The first kappa shape index (κ1) is 12.3. The molecule has 1 amide bonds. The van der Waals surface area contributed by atoms with E-state index in [2.05, 4.69) is 36.4 Å². The van der Waals surface area contributed by atoms with Gasteiger partial charge < -0.3 is 5.32 Å². The van der Waals surface area contributed by atoms with Gasteiger partial charge in [-0.15, -0.1) is 5.10 Å². The highest BCUT2D eigenvalue weighted by Gasteiger charge is 2.13. The maximum Gasteiger partial charge on any atom is 0.295 e. The topological polar surface area (TPSA) is 94.5 Å². The molecule has 0 saturated heterocycles. The molecular weight excluding hydrogens is 298 g/mol. The molecule has 0 unspecified atom stereocenters. The molecule has 0 aliphatic heterocycles. The highest BCUT2D eigenvalue weighted by Crippen LogP contribution is 2.21. The monoisotopic (exact) mass is 305 g/mol. The van der Waals surface area contributed by atoms with Crippen molar-refractivity contribution in [3.8, 4) is 6.07 Å². The summed E-state index contributed by atoms with van der Waals surface area (Å²) in [6.07, 6.45) is 0. The largest absolute Gasteiger partial charge is 0.318 e. The van der Waals surface area contributed by atoms with E-state index in [0.717, 1.165) is 4.47 Å². The van der Waals surface area contributed by atoms with Crippen LogP contribution < -0.4 is 5.32 Å². The number of carbonyl (C=O) groups is 1. The lowest BCUT2D eigenvalue weighted by Crippen LogP contribution is -2.14. The summed E-state index contributed by atoms with van der Waals surface area (Å²) in [6.45, 7) is 1.70. The molecule has 1 aromatic heterocycles. The minimum absolute atomic E-state index is 0.0383. The number of carbonyl (C=O) groups excluding carboxylic acids is 1. The van der Waals surface area contributed by atoms with E-state index in [9.17, 15) is 4.79 Å². The predicted octanol–water partition coefficient (Wildman–Crippen LogP) is 2.00. The summed E-state index contributed by atoms with van der Waals surface area (Å²) in [7, 11) is 0. The Bertz CT molecular complexity index is 643. The van der Waals surface area contributed by atoms with Gasteiger partial charge in [-0.05, 0) is 25.1 Å². The molecule has 0 aliphatic rings. The third kappa shape index (κ3) is 2.55. The zero-order valence-corrected chi connectivity index (χ0v) is 10.9. The van der Waals surface area contributed by atoms with Gasteiger partial charge >= 0.3 is 0 Å². The van der Waals surface area contributed by atoms with Crippen LogP contribution in [0.2, 0.25) is 0 Å². The number of H-pyrrole nitrogens is 1. The van der Waals surface area contributed by atoms with Gasteiger partial charge in [0.05, 0.1) is 11.3 Å². The van der Waals surface area contributed by atoms with E-state index in [1.54, 1.807) is 25.1 Å². The van der Waals surface area contributed by atoms with Crippen molar-refractivity contribution in [1.82, 2.24) is 15.2 Å². The lowest BCUT2D eigenvalue weighted by atomic mass is 10.2. The normalized spacial score (nSPS) is 9.83. The lowest BCUT2D eigenvalue weighted by Gasteiger charge is -2.05. The van der Waals surface area contributed by atoms with Crippen LogP contribution >= 0.6 is 15.9 Å². The van der Waals surface area contributed by atoms with Gasteiger partial charge in [0.1, 0.15) is 11.9 Å². The smallest absolute Gasteiger partial charge is 0.295 e. The minimum atomic E-state index is -0.464. The lowest BCUT2D eigenvalue weighted by molar-refractivity contribution is 0.101. The van der Waals surface area contributed by atoms with Crippen molar-refractivity contribution in [3.63, 3.8) is 0 Å². The fraction of sp³-hybridized carbons (Fsp3) is 0.0909. The molecule has 0 radical (unpaired) electrons. The van der Waals surface area contributed by atoms with Crippen molar-refractivity contribution in [2.45, 2.75) is 6.92 Å². The van der Waals surface area contributed by atoms with Crippen LogP contribution in [0.5, 0.6) is 0 Å². The molecule has 0 saturated carbocycles. The fourth-order valence-corrected chi connectivity index (χ4v) is 1.70. The van der Waals surface area contributed by atoms with E-state index in [0.29, 0.717) is 17.1 Å². The molecule has 2 N–H and O–H groups in total. The first-order valence-electron chi connectivity index (χ1n) is 5.00. The Morgan fingerprint density at radius 3 is 2.94 bits per heavy atom. The molecular formula is C11H8BrN5O. The summed E-state index contributed by atoms with van der Waals surface area (Å²) in [5, 5.41) is 17.9. The standard InChI is InChI=1S/C11H8BrN5O/c1-6-14-10(17-16-6)11(18)15-9-4-8(12)3-2-7(9)5-13/h2-4H,1H3,(H,15,18)(H,14,16,17). The Hall–Kier alpha value is -2.20. The summed E-state index contributed by atoms with van der Waals surface area (Å²) in [6, 6.07) is 6.99. The number of halogens is 1. The Labute approximate surface area is 111 Å².